The third-order valence-corrected chi connectivity index (χ3v) is 1.14. The maximum atomic E-state index is 10.0. The van der Waals surface area contributed by atoms with E-state index in [2.05, 4.69) is 0 Å². The van der Waals surface area contributed by atoms with Crippen LogP contribution >= 0.6 is 0 Å². The number of rotatable bonds is 1. The summed E-state index contributed by atoms with van der Waals surface area (Å²) >= 11 is 0. The van der Waals surface area contributed by atoms with Crippen molar-refractivity contribution in [1.82, 2.24) is 0 Å². The molecule has 0 radical (unpaired) electrons. The Kier molecular flexibility index (Phi) is 1.55. The van der Waals surface area contributed by atoms with Crippen molar-refractivity contribution in [3.05, 3.63) is 0 Å². The van der Waals surface area contributed by atoms with Crippen molar-refractivity contribution in [3.63, 3.8) is 0 Å². The number of ether oxygens (including phenoxy) is 2. The van der Waals surface area contributed by atoms with Crippen LogP contribution in [0.2, 0.25) is 0 Å². The van der Waals surface area contributed by atoms with Gasteiger partial charge in [-0.1, -0.05) is 0 Å². The lowest BCUT2D eigenvalue weighted by Crippen LogP contribution is -2.23. The zero-order valence-electron chi connectivity index (χ0n) is 5.59. The summed E-state index contributed by atoms with van der Waals surface area (Å²) in [6.45, 7) is 4.27. The van der Waals surface area contributed by atoms with Crippen LogP contribution in [0.5, 0.6) is 0 Å². The highest BCUT2D eigenvalue weighted by Crippen LogP contribution is 2.19. The number of aldehydes is 1. The predicted molar refractivity (Wildman–Crippen MR) is 31.0 cm³/mol. The molecular formula is C6H10O3. The Morgan fingerprint density at radius 2 is 2.33 bits per heavy atom. The van der Waals surface area contributed by atoms with Crippen LogP contribution < -0.4 is 0 Å². The average Bonchev–Trinajstić information content (AvgIpc) is 2.10. The van der Waals surface area contributed by atoms with Crippen molar-refractivity contribution in [2.24, 2.45) is 0 Å². The van der Waals surface area contributed by atoms with E-state index < -0.39 is 6.29 Å². The monoisotopic (exact) mass is 130 g/mol. The van der Waals surface area contributed by atoms with Gasteiger partial charge in [0.25, 0.3) is 0 Å². The highest BCUT2D eigenvalue weighted by atomic mass is 16.7. The summed E-state index contributed by atoms with van der Waals surface area (Å²) in [5, 5.41) is 0. The first-order valence-electron chi connectivity index (χ1n) is 2.89. The Hall–Kier alpha value is -0.410. The van der Waals surface area contributed by atoms with Crippen LogP contribution in [0.15, 0.2) is 0 Å². The van der Waals surface area contributed by atoms with E-state index in [0.29, 0.717) is 12.9 Å². The van der Waals surface area contributed by atoms with Crippen LogP contribution in [0.1, 0.15) is 13.8 Å². The molecule has 1 aliphatic heterocycles. The number of hydrogen-bond donors (Lipinski definition) is 0. The molecule has 1 rings (SSSR count). The number of hydrogen-bond acceptors (Lipinski definition) is 3. The molecule has 1 unspecified atom stereocenters. The lowest BCUT2D eigenvalue weighted by Gasteiger charge is -2.12. The second-order valence-electron chi connectivity index (χ2n) is 2.69. The van der Waals surface area contributed by atoms with Gasteiger partial charge in [-0.15, -0.1) is 0 Å². The zero-order valence-corrected chi connectivity index (χ0v) is 5.59. The largest absolute Gasteiger partial charge is 0.343 e. The predicted octanol–water partition coefficient (Wildman–Crippen LogP) is 0.337. The molecule has 9 heavy (non-hydrogen) atoms. The third kappa shape index (κ3) is 1.50. The van der Waals surface area contributed by atoms with Crippen LogP contribution in [0, 0.1) is 0 Å². The smallest absolute Gasteiger partial charge is 0.215 e. The maximum Gasteiger partial charge on any atom is 0.215 e. The SMILES string of the molecule is CC1(C)COC(C=O)O1. The lowest BCUT2D eigenvalue weighted by molar-refractivity contribution is -0.136. The molecule has 0 N–H and O–H groups in total. The van der Waals surface area contributed by atoms with E-state index in [1.807, 2.05) is 13.8 Å². The van der Waals surface area contributed by atoms with Gasteiger partial charge in [-0.25, -0.2) is 0 Å². The fourth-order valence-electron chi connectivity index (χ4n) is 0.732. The van der Waals surface area contributed by atoms with E-state index in [1.165, 1.54) is 0 Å². The average molecular weight is 130 g/mol. The van der Waals surface area contributed by atoms with Gasteiger partial charge in [0, 0.05) is 0 Å². The summed E-state index contributed by atoms with van der Waals surface area (Å²) in [4.78, 5) is 10.0. The summed E-state index contributed by atoms with van der Waals surface area (Å²) in [5.41, 5.74) is -0.286. The topological polar surface area (TPSA) is 35.5 Å². The molecule has 1 fully saturated rings. The van der Waals surface area contributed by atoms with Gasteiger partial charge in [-0.2, -0.15) is 0 Å². The Morgan fingerprint density at radius 3 is 2.56 bits per heavy atom. The van der Waals surface area contributed by atoms with Gasteiger partial charge < -0.3 is 9.47 Å². The molecule has 0 spiro atoms. The van der Waals surface area contributed by atoms with Crippen molar-refractivity contribution in [3.8, 4) is 0 Å². The van der Waals surface area contributed by atoms with Crippen molar-refractivity contribution >= 4 is 6.29 Å². The number of carbonyl (C=O) groups excluding carboxylic acids is 1. The minimum atomic E-state index is -0.639. The molecule has 0 aromatic heterocycles. The van der Waals surface area contributed by atoms with E-state index in [4.69, 9.17) is 9.47 Å². The van der Waals surface area contributed by atoms with E-state index in [0.717, 1.165) is 0 Å². The molecule has 1 heterocycles. The van der Waals surface area contributed by atoms with Crippen LogP contribution in [0.25, 0.3) is 0 Å². The summed E-state index contributed by atoms with van der Waals surface area (Å²) in [6, 6.07) is 0. The summed E-state index contributed by atoms with van der Waals surface area (Å²) in [7, 11) is 0. The van der Waals surface area contributed by atoms with Crippen molar-refractivity contribution in [2.75, 3.05) is 6.61 Å². The molecule has 0 aromatic rings. The van der Waals surface area contributed by atoms with Gasteiger partial charge in [0.05, 0.1) is 12.2 Å². The second-order valence-corrected chi connectivity index (χ2v) is 2.69. The van der Waals surface area contributed by atoms with Gasteiger partial charge >= 0.3 is 0 Å². The summed E-state index contributed by atoms with van der Waals surface area (Å²) in [6.07, 6.45) is 0.0226. The summed E-state index contributed by atoms with van der Waals surface area (Å²) in [5.74, 6) is 0. The molecule has 0 aromatic carbocycles. The Bertz CT molecular complexity index is 119. The summed E-state index contributed by atoms with van der Waals surface area (Å²) < 4.78 is 10.0. The molecule has 3 nitrogen and oxygen atoms in total. The quantitative estimate of drug-likeness (QED) is 0.480. The van der Waals surface area contributed by atoms with Crippen LogP contribution in [0.4, 0.5) is 0 Å². The lowest BCUT2D eigenvalue weighted by atomic mass is 10.2. The molecule has 52 valence electrons. The molecule has 3 heteroatoms. The molecule has 0 bridgehead atoms. The molecule has 0 aliphatic carbocycles. The van der Waals surface area contributed by atoms with Crippen LogP contribution in [-0.2, 0) is 14.3 Å². The van der Waals surface area contributed by atoms with Crippen LogP contribution in [0.3, 0.4) is 0 Å². The standard InChI is InChI=1S/C6H10O3/c1-6(2)4-8-5(3-7)9-6/h3,5H,4H2,1-2H3. The maximum absolute atomic E-state index is 10.0. The molecule has 1 saturated heterocycles. The normalized spacial score (nSPS) is 32.4. The van der Waals surface area contributed by atoms with Gasteiger partial charge in [-0.3, -0.25) is 4.79 Å². The fraction of sp³-hybridized carbons (Fsp3) is 0.833. The van der Waals surface area contributed by atoms with Crippen molar-refractivity contribution < 1.29 is 14.3 Å². The van der Waals surface area contributed by atoms with Crippen LogP contribution in [-0.4, -0.2) is 24.8 Å². The first-order valence-corrected chi connectivity index (χ1v) is 2.89. The van der Waals surface area contributed by atoms with Gasteiger partial charge in [-0.05, 0) is 13.8 Å². The Balaban J connectivity index is 2.47. The van der Waals surface area contributed by atoms with E-state index in [1.54, 1.807) is 0 Å². The molecule has 1 aliphatic rings. The van der Waals surface area contributed by atoms with Gasteiger partial charge in [0.2, 0.25) is 6.29 Å². The Morgan fingerprint density at radius 1 is 1.67 bits per heavy atom. The minimum absolute atomic E-state index is 0.286. The van der Waals surface area contributed by atoms with E-state index in [-0.39, 0.29) is 5.60 Å². The molecule has 1 atom stereocenters. The highest BCUT2D eigenvalue weighted by Gasteiger charge is 2.31. The van der Waals surface area contributed by atoms with Gasteiger partial charge in [0.1, 0.15) is 0 Å². The van der Waals surface area contributed by atoms with Crippen molar-refractivity contribution in [2.45, 2.75) is 25.7 Å². The second kappa shape index (κ2) is 2.08. The third-order valence-electron chi connectivity index (χ3n) is 1.14. The number of carbonyl (C=O) groups is 1. The Labute approximate surface area is 53.9 Å². The first kappa shape index (κ1) is 6.71. The molecular weight excluding hydrogens is 120 g/mol. The van der Waals surface area contributed by atoms with Crippen molar-refractivity contribution in [1.29, 1.82) is 0 Å². The fourth-order valence-corrected chi connectivity index (χ4v) is 0.732. The molecule has 0 amide bonds. The zero-order chi connectivity index (χ0) is 6.91. The van der Waals surface area contributed by atoms with E-state index in [9.17, 15) is 4.79 Å². The highest BCUT2D eigenvalue weighted by molar-refractivity contribution is 5.54. The van der Waals surface area contributed by atoms with E-state index >= 15 is 0 Å². The van der Waals surface area contributed by atoms with Gasteiger partial charge in [0.15, 0.2) is 6.29 Å². The first-order chi connectivity index (χ1) is 4.14. The molecule has 0 saturated carbocycles. The minimum Gasteiger partial charge on any atom is -0.343 e.